The van der Waals surface area contributed by atoms with Crippen LogP contribution in [-0.2, 0) is 11.3 Å². The van der Waals surface area contributed by atoms with Crippen molar-refractivity contribution in [3.05, 3.63) is 42.5 Å². The molecule has 0 aliphatic heterocycles. The quantitative estimate of drug-likeness (QED) is 0.839. The van der Waals surface area contributed by atoms with Crippen LogP contribution in [0.3, 0.4) is 0 Å². The minimum atomic E-state index is -0.102. The first kappa shape index (κ1) is 10.4. The van der Waals surface area contributed by atoms with E-state index in [1.54, 1.807) is 35.4 Å². The van der Waals surface area contributed by atoms with Crippen molar-refractivity contribution in [1.29, 1.82) is 0 Å². The van der Waals surface area contributed by atoms with Crippen molar-refractivity contribution in [2.24, 2.45) is 0 Å². The third-order valence-electron chi connectivity index (χ3n) is 2.05. The van der Waals surface area contributed by atoms with Crippen molar-refractivity contribution in [2.45, 2.75) is 13.5 Å². The molecular formula is C11H12N4O. The predicted octanol–water partition coefficient (Wildman–Crippen LogP) is 1.23. The molecule has 82 valence electrons. The molecule has 2 aromatic rings. The SMILES string of the molecule is Cc1cc(NC(=O)Cn2cccn2)ccn1. The minimum absolute atomic E-state index is 0.102. The van der Waals surface area contributed by atoms with Crippen LogP contribution in [0.5, 0.6) is 0 Å². The smallest absolute Gasteiger partial charge is 0.246 e. The standard InChI is InChI=1S/C11H12N4O/c1-9-7-10(3-5-12-9)14-11(16)8-15-6-2-4-13-15/h2-7H,8H2,1H3,(H,12,14,16). The molecule has 0 atom stereocenters. The lowest BCUT2D eigenvalue weighted by Gasteiger charge is -2.05. The fourth-order valence-electron chi connectivity index (χ4n) is 1.36. The van der Waals surface area contributed by atoms with Crippen molar-refractivity contribution in [1.82, 2.24) is 14.8 Å². The van der Waals surface area contributed by atoms with Gasteiger partial charge in [-0.1, -0.05) is 0 Å². The highest BCUT2D eigenvalue weighted by Gasteiger charge is 2.03. The Hall–Kier alpha value is -2.17. The molecule has 0 aliphatic carbocycles. The molecule has 0 spiro atoms. The molecule has 2 aromatic heterocycles. The van der Waals surface area contributed by atoms with Gasteiger partial charge in [0, 0.05) is 30.0 Å². The van der Waals surface area contributed by atoms with Crippen LogP contribution in [-0.4, -0.2) is 20.7 Å². The lowest BCUT2D eigenvalue weighted by molar-refractivity contribution is -0.116. The van der Waals surface area contributed by atoms with E-state index in [1.807, 2.05) is 13.0 Å². The van der Waals surface area contributed by atoms with Gasteiger partial charge in [0.1, 0.15) is 6.54 Å². The van der Waals surface area contributed by atoms with E-state index >= 15 is 0 Å². The second-order valence-corrected chi connectivity index (χ2v) is 3.44. The van der Waals surface area contributed by atoms with Gasteiger partial charge in [-0.05, 0) is 25.1 Å². The number of rotatable bonds is 3. The van der Waals surface area contributed by atoms with Crippen LogP contribution in [0.25, 0.3) is 0 Å². The molecule has 0 radical (unpaired) electrons. The van der Waals surface area contributed by atoms with Gasteiger partial charge in [-0.25, -0.2) is 0 Å². The molecule has 0 saturated heterocycles. The first-order chi connectivity index (χ1) is 7.74. The number of hydrogen-bond donors (Lipinski definition) is 1. The lowest BCUT2D eigenvalue weighted by Crippen LogP contribution is -2.19. The molecule has 0 aliphatic rings. The summed E-state index contributed by atoms with van der Waals surface area (Å²) in [5.41, 5.74) is 1.63. The maximum Gasteiger partial charge on any atom is 0.246 e. The van der Waals surface area contributed by atoms with E-state index in [-0.39, 0.29) is 12.5 Å². The van der Waals surface area contributed by atoms with Crippen LogP contribution >= 0.6 is 0 Å². The molecule has 16 heavy (non-hydrogen) atoms. The molecule has 5 heteroatoms. The molecule has 0 aromatic carbocycles. The lowest BCUT2D eigenvalue weighted by atomic mass is 10.3. The van der Waals surface area contributed by atoms with Gasteiger partial charge in [0.15, 0.2) is 0 Å². The van der Waals surface area contributed by atoms with Crippen LogP contribution in [0.2, 0.25) is 0 Å². The summed E-state index contributed by atoms with van der Waals surface area (Å²) in [5.74, 6) is -0.102. The highest BCUT2D eigenvalue weighted by molar-refractivity contribution is 5.90. The Kier molecular flexibility index (Phi) is 2.95. The molecule has 1 N–H and O–H groups in total. The number of carbonyl (C=O) groups is 1. The van der Waals surface area contributed by atoms with Crippen molar-refractivity contribution < 1.29 is 4.79 Å². The molecule has 0 bridgehead atoms. The van der Waals surface area contributed by atoms with Crippen LogP contribution in [0.1, 0.15) is 5.69 Å². The fourth-order valence-corrected chi connectivity index (χ4v) is 1.36. The first-order valence-electron chi connectivity index (χ1n) is 4.94. The number of nitrogens with zero attached hydrogens (tertiary/aromatic N) is 3. The molecule has 2 heterocycles. The average Bonchev–Trinajstić information content (AvgIpc) is 2.70. The van der Waals surface area contributed by atoms with E-state index in [0.29, 0.717) is 0 Å². The van der Waals surface area contributed by atoms with Gasteiger partial charge in [-0.15, -0.1) is 0 Å². The Morgan fingerprint density at radius 3 is 3.06 bits per heavy atom. The van der Waals surface area contributed by atoms with Crippen molar-refractivity contribution >= 4 is 11.6 Å². The molecular weight excluding hydrogens is 204 g/mol. The highest BCUT2D eigenvalue weighted by atomic mass is 16.2. The van der Waals surface area contributed by atoms with Crippen molar-refractivity contribution in [3.63, 3.8) is 0 Å². The second-order valence-electron chi connectivity index (χ2n) is 3.44. The molecule has 0 saturated carbocycles. The number of nitrogens with one attached hydrogen (secondary N) is 1. The number of aromatic nitrogens is 3. The van der Waals surface area contributed by atoms with Gasteiger partial charge in [0.2, 0.25) is 5.91 Å². The summed E-state index contributed by atoms with van der Waals surface area (Å²) in [5, 5.41) is 6.74. The van der Waals surface area contributed by atoms with Gasteiger partial charge >= 0.3 is 0 Å². The Labute approximate surface area is 93.1 Å². The second kappa shape index (κ2) is 4.57. The Morgan fingerprint density at radius 1 is 1.50 bits per heavy atom. The third-order valence-corrected chi connectivity index (χ3v) is 2.05. The summed E-state index contributed by atoms with van der Waals surface area (Å²) in [6, 6.07) is 5.36. The Bertz CT molecular complexity index is 478. The van der Waals surface area contributed by atoms with Crippen molar-refractivity contribution in [2.75, 3.05) is 5.32 Å². The van der Waals surface area contributed by atoms with Gasteiger partial charge in [-0.2, -0.15) is 5.10 Å². The number of amides is 1. The summed E-state index contributed by atoms with van der Waals surface area (Å²) in [7, 11) is 0. The third kappa shape index (κ3) is 2.66. The summed E-state index contributed by atoms with van der Waals surface area (Å²) >= 11 is 0. The van der Waals surface area contributed by atoms with Crippen molar-refractivity contribution in [3.8, 4) is 0 Å². The summed E-state index contributed by atoms with van der Waals surface area (Å²) in [6.07, 6.45) is 5.06. The molecule has 0 fully saturated rings. The Balaban J connectivity index is 1.97. The highest BCUT2D eigenvalue weighted by Crippen LogP contribution is 2.06. The fraction of sp³-hybridized carbons (Fsp3) is 0.182. The van der Waals surface area contributed by atoms with Crippen LogP contribution in [0.15, 0.2) is 36.8 Å². The van der Waals surface area contributed by atoms with E-state index in [4.69, 9.17) is 0 Å². The zero-order chi connectivity index (χ0) is 11.4. The van der Waals surface area contributed by atoms with Crippen LogP contribution < -0.4 is 5.32 Å². The minimum Gasteiger partial charge on any atom is -0.324 e. The van der Waals surface area contributed by atoms with Gasteiger partial charge in [-0.3, -0.25) is 14.5 Å². The maximum absolute atomic E-state index is 11.6. The summed E-state index contributed by atoms with van der Waals surface area (Å²) in [6.45, 7) is 2.09. The largest absolute Gasteiger partial charge is 0.324 e. The van der Waals surface area contributed by atoms with Crippen LogP contribution in [0.4, 0.5) is 5.69 Å². The van der Waals surface area contributed by atoms with E-state index in [0.717, 1.165) is 11.4 Å². The van der Waals surface area contributed by atoms with Gasteiger partial charge in [0.05, 0.1) is 0 Å². The molecule has 5 nitrogen and oxygen atoms in total. The number of aryl methyl sites for hydroxylation is 1. The predicted molar refractivity (Wildman–Crippen MR) is 59.8 cm³/mol. The zero-order valence-corrected chi connectivity index (χ0v) is 8.92. The number of carbonyl (C=O) groups excluding carboxylic acids is 1. The van der Waals surface area contributed by atoms with E-state index in [2.05, 4.69) is 15.4 Å². The topological polar surface area (TPSA) is 59.8 Å². The molecule has 1 amide bonds. The Morgan fingerprint density at radius 2 is 2.38 bits per heavy atom. The molecule has 0 unspecified atom stereocenters. The number of hydrogen-bond acceptors (Lipinski definition) is 3. The first-order valence-corrected chi connectivity index (χ1v) is 4.94. The van der Waals surface area contributed by atoms with Gasteiger partial charge in [0.25, 0.3) is 0 Å². The summed E-state index contributed by atoms with van der Waals surface area (Å²) < 4.78 is 1.57. The van der Waals surface area contributed by atoms with E-state index in [1.165, 1.54) is 0 Å². The van der Waals surface area contributed by atoms with E-state index in [9.17, 15) is 4.79 Å². The molecule has 2 rings (SSSR count). The van der Waals surface area contributed by atoms with Gasteiger partial charge < -0.3 is 5.32 Å². The van der Waals surface area contributed by atoms with Crippen LogP contribution in [0, 0.1) is 6.92 Å². The summed E-state index contributed by atoms with van der Waals surface area (Å²) in [4.78, 5) is 15.7. The maximum atomic E-state index is 11.6. The number of anilines is 1. The normalized spacial score (nSPS) is 10.1. The number of pyridine rings is 1. The van der Waals surface area contributed by atoms with E-state index < -0.39 is 0 Å². The monoisotopic (exact) mass is 216 g/mol. The average molecular weight is 216 g/mol. The zero-order valence-electron chi connectivity index (χ0n) is 8.92.